The van der Waals surface area contributed by atoms with Crippen LogP contribution < -0.4 is 4.90 Å². The lowest BCUT2D eigenvalue weighted by molar-refractivity contribution is -0.117. The molecule has 3 aromatic carbocycles. The van der Waals surface area contributed by atoms with E-state index < -0.39 is 23.5 Å². The maximum atomic E-state index is 13.8. The van der Waals surface area contributed by atoms with Gasteiger partial charge in [0, 0.05) is 15.5 Å². The highest BCUT2D eigenvalue weighted by Crippen LogP contribution is 2.43. The number of hydrogen-bond acceptors (Lipinski definition) is 4. The molecule has 0 saturated carbocycles. The Morgan fingerprint density at radius 3 is 2.30 bits per heavy atom. The number of aryl methyl sites for hydroxylation is 1. The van der Waals surface area contributed by atoms with E-state index in [2.05, 4.69) is 43.6 Å². The molecule has 1 N–H and O–H groups in total. The molecule has 0 saturated heterocycles. The van der Waals surface area contributed by atoms with Crippen molar-refractivity contribution in [1.29, 1.82) is 0 Å². The minimum Gasteiger partial charge on any atom is -0.503 e. The third kappa shape index (κ3) is 4.51. The topological polar surface area (TPSA) is 70.7 Å². The number of Topliss-reactive ketones (excluding diaryl/α,β-unsaturated/α-hetero) is 1. The van der Waals surface area contributed by atoms with Gasteiger partial charge >= 0.3 is 0 Å². The van der Waals surface area contributed by atoms with Crippen LogP contribution in [0.15, 0.2) is 93.0 Å². The highest BCUT2D eigenvalue weighted by Gasteiger charge is 2.45. The molecule has 1 atom stereocenters. The Hall–Kier alpha value is -3.64. The van der Waals surface area contributed by atoms with Crippen molar-refractivity contribution in [3.8, 4) is 0 Å². The van der Waals surface area contributed by atoms with Crippen molar-refractivity contribution in [2.75, 3.05) is 4.90 Å². The van der Waals surface area contributed by atoms with Crippen LogP contribution >= 0.6 is 15.9 Å². The molecule has 1 unspecified atom stereocenters. The molecule has 1 amide bonds. The zero-order valence-corrected chi connectivity index (χ0v) is 22.8. The van der Waals surface area contributed by atoms with Crippen molar-refractivity contribution in [2.24, 2.45) is 0 Å². The first-order chi connectivity index (χ1) is 17.6. The largest absolute Gasteiger partial charge is 0.503 e. The van der Waals surface area contributed by atoms with Gasteiger partial charge in [-0.15, -0.1) is 0 Å². The van der Waals surface area contributed by atoms with Gasteiger partial charge in [-0.3, -0.25) is 14.5 Å². The van der Waals surface area contributed by atoms with Crippen molar-refractivity contribution < 1.29 is 19.1 Å². The molecule has 0 aliphatic carbocycles. The highest BCUT2D eigenvalue weighted by atomic mass is 79.9. The van der Waals surface area contributed by atoms with Crippen LogP contribution in [0.5, 0.6) is 0 Å². The average molecular weight is 558 g/mol. The third-order valence-corrected chi connectivity index (χ3v) is 7.36. The molecule has 188 valence electrons. The van der Waals surface area contributed by atoms with Crippen LogP contribution in [0.1, 0.15) is 61.0 Å². The number of carbonyl (C=O) groups is 2. The average Bonchev–Trinajstić information content (AvgIpc) is 3.41. The Labute approximate surface area is 224 Å². The fourth-order valence-corrected chi connectivity index (χ4v) is 5.11. The molecule has 2 heterocycles. The van der Waals surface area contributed by atoms with Gasteiger partial charge in [0.05, 0.1) is 11.6 Å². The van der Waals surface area contributed by atoms with E-state index in [9.17, 15) is 14.7 Å². The summed E-state index contributed by atoms with van der Waals surface area (Å²) < 4.78 is 6.71. The first-order valence-electron chi connectivity index (χ1n) is 12.3. The lowest BCUT2D eigenvalue weighted by Crippen LogP contribution is -2.31. The van der Waals surface area contributed by atoms with E-state index in [4.69, 9.17) is 4.42 Å². The van der Waals surface area contributed by atoms with E-state index >= 15 is 0 Å². The predicted octanol–water partition coefficient (Wildman–Crippen LogP) is 7.84. The summed E-state index contributed by atoms with van der Waals surface area (Å²) in [7, 11) is 0. The summed E-state index contributed by atoms with van der Waals surface area (Å²) in [6, 6.07) is 21.8. The summed E-state index contributed by atoms with van der Waals surface area (Å²) >= 11 is 3.44. The Kier molecular flexibility index (Phi) is 6.32. The monoisotopic (exact) mass is 557 g/mol. The number of hydrogen-bond donors (Lipinski definition) is 1. The molecule has 1 aliphatic heterocycles. The Bertz CT molecular complexity index is 1540. The highest BCUT2D eigenvalue weighted by molar-refractivity contribution is 9.10. The molecule has 5 nitrogen and oxygen atoms in total. The van der Waals surface area contributed by atoms with E-state index in [-0.39, 0.29) is 16.7 Å². The molecule has 0 spiro atoms. The van der Waals surface area contributed by atoms with E-state index in [1.54, 1.807) is 12.1 Å². The molecule has 5 rings (SSSR count). The van der Waals surface area contributed by atoms with Crippen molar-refractivity contribution >= 4 is 44.3 Å². The van der Waals surface area contributed by atoms with Gasteiger partial charge in [-0.2, -0.15) is 0 Å². The van der Waals surface area contributed by atoms with Crippen molar-refractivity contribution in [3.05, 3.63) is 111 Å². The van der Waals surface area contributed by atoms with Gasteiger partial charge in [0.25, 0.3) is 5.91 Å². The first-order valence-corrected chi connectivity index (χ1v) is 13.1. The second-order valence-electron chi connectivity index (χ2n) is 10.4. The molecule has 0 bridgehead atoms. The number of halogens is 1. The molecule has 1 aromatic heterocycles. The molecule has 4 aromatic rings. The zero-order valence-electron chi connectivity index (χ0n) is 21.2. The molecule has 0 fully saturated rings. The number of ketones is 1. The number of furan rings is 1. The van der Waals surface area contributed by atoms with Crippen molar-refractivity contribution in [3.63, 3.8) is 0 Å². The minimum absolute atomic E-state index is 0.00673. The van der Waals surface area contributed by atoms with E-state index in [0.717, 1.165) is 33.0 Å². The summed E-state index contributed by atoms with van der Waals surface area (Å²) in [6.45, 7) is 8.43. The van der Waals surface area contributed by atoms with Crippen LogP contribution in [0, 0.1) is 0 Å². The van der Waals surface area contributed by atoms with Crippen LogP contribution in [0.4, 0.5) is 5.69 Å². The van der Waals surface area contributed by atoms with Crippen LogP contribution in [-0.2, 0) is 16.6 Å². The van der Waals surface area contributed by atoms with Gasteiger partial charge in [0.2, 0.25) is 5.78 Å². The van der Waals surface area contributed by atoms with Crippen LogP contribution in [0.25, 0.3) is 11.0 Å². The number of benzene rings is 3. The van der Waals surface area contributed by atoms with Crippen molar-refractivity contribution in [1.82, 2.24) is 0 Å². The number of fused-ring (bicyclic) bond motifs is 1. The normalized spacial score (nSPS) is 16.2. The van der Waals surface area contributed by atoms with Gasteiger partial charge in [0.1, 0.15) is 5.58 Å². The summed E-state index contributed by atoms with van der Waals surface area (Å²) in [4.78, 5) is 28.8. The summed E-state index contributed by atoms with van der Waals surface area (Å²) in [6.07, 6.45) is 0.864. The van der Waals surface area contributed by atoms with Crippen LogP contribution in [-0.4, -0.2) is 16.8 Å². The number of carbonyl (C=O) groups excluding carboxylic acids is 2. The van der Waals surface area contributed by atoms with Crippen LogP contribution in [0.2, 0.25) is 0 Å². The molecule has 1 aliphatic rings. The number of rotatable bonds is 5. The summed E-state index contributed by atoms with van der Waals surface area (Å²) in [5, 5.41) is 11.8. The second kappa shape index (κ2) is 9.34. The smallest absolute Gasteiger partial charge is 0.294 e. The zero-order chi connectivity index (χ0) is 26.5. The van der Waals surface area contributed by atoms with E-state index in [1.165, 1.54) is 4.90 Å². The predicted molar refractivity (Wildman–Crippen MR) is 149 cm³/mol. The standard InChI is InChI=1S/C31H28BrNO4/c1-5-18-6-8-19(9-7-18)27-26(28(34)25-17-20-16-22(32)12-15-24(20)37-25)29(35)30(36)33(27)23-13-10-21(11-14-23)31(2,3)4/h6-17,27,35H,5H2,1-4H3. The Balaban J connectivity index is 1.62. The lowest BCUT2D eigenvalue weighted by Gasteiger charge is -2.28. The quantitative estimate of drug-likeness (QED) is 0.254. The summed E-state index contributed by atoms with van der Waals surface area (Å²) in [5.41, 5.74) is 4.09. The number of aliphatic hydroxyl groups is 1. The SMILES string of the molecule is CCc1ccc(C2C(C(=O)c3cc4cc(Br)ccc4o3)=C(O)C(=O)N2c2ccc(C(C)(C)C)cc2)cc1. The fraction of sp³-hybridized carbons (Fsp3) is 0.226. The molecule has 37 heavy (non-hydrogen) atoms. The molecule has 6 heteroatoms. The summed E-state index contributed by atoms with van der Waals surface area (Å²) in [5.74, 6) is -1.62. The third-order valence-electron chi connectivity index (χ3n) is 6.87. The maximum Gasteiger partial charge on any atom is 0.294 e. The number of anilines is 1. The Morgan fingerprint density at radius 1 is 1.00 bits per heavy atom. The number of nitrogens with zero attached hydrogens (tertiary/aromatic N) is 1. The molecular formula is C31H28BrNO4. The molecular weight excluding hydrogens is 530 g/mol. The van der Waals surface area contributed by atoms with E-state index in [0.29, 0.717) is 11.3 Å². The van der Waals surface area contributed by atoms with Gasteiger partial charge in [-0.1, -0.05) is 80.0 Å². The maximum absolute atomic E-state index is 13.8. The van der Waals surface area contributed by atoms with Gasteiger partial charge in [-0.25, -0.2) is 0 Å². The van der Waals surface area contributed by atoms with E-state index in [1.807, 2.05) is 60.7 Å². The number of amides is 1. The van der Waals surface area contributed by atoms with Crippen molar-refractivity contribution in [2.45, 2.75) is 45.6 Å². The fourth-order valence-electron chi connectivity index (χ4n) is 4.74. The van der Waals surface area contributed by atoms with Gasteiger partial charge < -0.3 is 9.52 Å². The lowest BCUT2D eigenvalue weighted by atomic mass is 9.87. The number of aliphatic hydroxyl groups excluding tert-OH is 1. The Morgan fingerprint density at radius 2 is 1.68 bits per heavy atom. The minimum atomic E-state index is -0.800. The molecule has 0 radical (unpaired) electrons. The van der Waals surface area contributed by atoms with Gasteiger partial charge in [0.15, 0.2) is 11.5 Å². The van der Waals surface area contributed by atoms with Gasteiger partial charge in [-0.05, 0) is 64.9 Å². The second-order valence-corrected chi connectivity index (χ2v) is 11.3. The first kappa shape index (κ1) is 25.0. The van der Waals surface area contributed by atoms with Crippen LogP contribution in [0.3, 0.4) is 0 Å².